The number of aliphatic imine (C=N–C) groups is 1. The van der Waals surface area contributed by atoms with Crippen molar-refractivity contribution in [1.82, 2.24) is 15.1 Å². The van der Waals surface area contributed by atoms with E-state index in [2.05, 4.69) is 55.8 Å². The van der Waals surface area contributed by atoms with Gasteiger partial charge in [-0.25, -0.2) is 13.9 Å². The van der Waals surface area contributed by atoms with E-state index < -0.39 is 23.2 Å². The van der Waals surface area contributed by atoms with Crippen molar-refractivity contribution in [1.29, 1.82) is 0 Å². The molecule has 0 saturated heterocycles. The van der Waals surface area contributed by atoms with Crippen LogP contribution >= 0.6 is 0 Å². The number of H-pyrrole nitrogens is 1. The summed E-state index contributed by atoms with van der Waals surface area (Å²) >= 11 is 0. The third kappa shape index (κ3) is 21.7. The van der Waals surface area contributed by atoms with Crippen LogP contribution in [0.4, 0.5) is 22.0 Å². The van der Waals surface area contributed by atoms with Crippen molar-refractivity contribution < 1.29 is 22.0 Å². The maximum Gasteiger partial charge on any atom is 0.422 e. The van der Waals surface area contributed by atoms with Crippen LogP contribution in [0.15, 0.2) is 58.6 Å². The molecule has 1 aliphatic rings. The summed E-state index contributed by atoms with van der Waals surface area (Å²) in [6, 6.07) is 0. The maximum atomic E-state index is 12.8. The van der Waals surface area contributed by atoms with Gasteiger partial charge in [0.2, 0.25) is 0 Å². The normalized spacial score (nSPS) is 14.3. The van der Waals surface area contributed by atoms with E-state index in [1.54, 1.807) is 26.8 Å². The molecule has 1 aliphatic carbocycles. The molecular weight excluding hydrogens is 599 g/mol. The topological polar surface area (TPSA) is 61.4 Å². The number of rotatable bonds is 11. The van der Waals surface area contributed by atoms with E-state index in [0.717, 1.165) is 25.6 Å². The molecule has 0 fully saturated rings. The van der Waals surface area contributed by atoms with E-state index in [9.17, 15) is 26.7 Å². The average Bonchev–Trinajstić information content (AvgIpc) is 3.33. The lowest BCUT2D eigenvalue weighted by molar-refractivity contribution is -0.139. The van der Waals surface area contributed by atoms with Crippen molar-refractivity contribution in [3.63, 3.8) is 0 Å². The van der Waals surface area contributed by atoms with E-state index in [4.69, 9.17) is 0 Å². The van der Waals surface area contributed by atoms with E-state index in [-0.39, 0.29) is 23.5 Å². The molecule has 1 aromatic heterocycles. The van der Waals surface area contributed by atoms with Gasteiger partial charge in [-0.15, -0.1) is 6.58 Å². The molecule has 5 nitrogen and oxygen atoms in total. The van der Waals surface area contributed by atoms with E-state index in [1.807, 2.05) is 31.2 Å². The van der Waals surface area contributed by atoms with Crippen molar-refractivity contribution in [3.8, 4) is 0 Å². The smallest absolute Gasteiger partial charge is 0.378 e. The number of unbranched alkanes of at least 4 members (excludes halogenated alkanes) is 2. The van der Waals surface area contributed by atoms with E-state index in [1.165, 1.54) is 50.9 Å². The number of hydrogen-bond donors (Lipinski definition) is 1. The first-order valence-electron chi connectivity index (χ1n) is 16.4. The molecule has 1 atom stereocenters. The van der Waals surface area contributed by atoms with Crippen molar-refractivity contribution >= 4 is 6.21 Å². The van der Waals surface area contributed by atoms with Gasteiger partial charge in [-0.3, -0.25) is 9.79 Å². The first-order chi connectivity index (χ1) is 21.5. The molecule has 2 rings (SSSR count). The third-order valence-electron chi connectivity index (χ3n) is 6.24. The lowest BCUT2D eigenvalue weighted by atomic mass is 10.1. The minimum absolute atomic E-state index is 0.0158. The molecule has 0 aromatic carbocycles. The van der Waals surface area contributed by atoms with Crippen LogP contribution in [-0.4, -0.2) is 40.3 Å². The number of aromatic amines is 1. The molecule has 10 heteroatoms. The molecule has 1 aromatic rings. The van der Waals surface area contributed by atoms with Crippen LogP contribution in [0.5, 0.6) is 0 Å². The molecule has 0 saturated carbocycles. The predicted octanol–water partition coefficient (Wildman–Crippen LogP) is 11.5. The molecule has 1 heterocycles. The van der Waals surface area contributed by atoms with Crippen molar-refractivity contribution in [3.05, 3.63) is 76.0 Å². The average molecular weight is 661 g/mol. The molecule has 0 aliphatic heterocycles. The fraction of sp³-hybridized carbons (Fsp3) is 0.639. The lowest BCUT2D eigenvalue weighted by Gasteiger charge is -2.18. The molecule has 0 bridgehead atoms. The van der Waals surface area contributed by atoms with Gasteiger partial charge in [0.05, 0.1) is 5.69 Å². The van der Waals surface area contributed by atoms with Gasteiger partial charge in [0.1, 0.15) is 5.56 Å². The van der Waals surface area contributed by atoms with E-state index in [0.29, 0.717) is 12.1 Å². The summed E-state index contributed by atoms with van der Waals surface area (Å²) in [5.41, 5.74) is -1.06. The highest BCUT2D eigenvalue weighted by atomic mass is 19.4. The number of fused-ring (bicyclic) bond motifs is 1. The largest absolute Gasteiger partial charge is 0.422 e. The summed E-state index contributed by atoms with van der Waals surface area (Å²) in [7, 11) is 0. The second-order valence-corrected chi connectivity index (χ2v) is 10.9. The Kier molecular flexibility index (Phi) is 27.9. The first kappa shape index (κ1) is 47.4. The Hall–Kier alpha value is -3.04. The van der Waals surface area contributed by atoms with Gasteiger partial charge in [0.15, 0.2) is 0 Å². The van der Waals surface area contributed by atoms with Gasteiger partial charge in [-0.05, 0) is 64.6 Å². The number of halogens is 5. The van der Waals surface area contributed by atoms with Crippen molar-refractivity contribution in [2.24, 2.45) is 4.99 Å². The summed E-state index contributed by atoms with van der Waals surface area (Å²) in [6.45, 7) is 28.1. The van der Waals surface area contributed by atoms with Crippen LogP contribution in [-0.2, 0) is 12.6 Å². The number of hydrogen-bond acceptors (Lipinski definition) is 4. The molecule has 46 heavy (non-hydrogen) atoms. The van der Waals surface area contributed by atoms with Gasteiger partial charge >= 0.3 is 6.18 Å². The zero-order chi connectivity index (χ0) is 36.3. The van der Waals surface area contributed by atoms with Gasteiger partial charge in [0.25, 0.3) is 11.5 Å². The predicted molar refractivity (Wildman–Crippen MR) is 187 cm³/mol. The second-order valence-electron chi connectivity index (χ2n) is 10.9. The highest BCUT2D eigenvalue weighted by Gasteiger charge is 2.40. The quantitative estimate of drug-likeness (QED) is 0.111. The molecule has 0 amide bonds. The zero-order valence-corrected chi connectivity index (χ0v) is 30.1. The Labute approximate surface area is 275 Å². The summed E-state index contributed by atoms with van der Waals surface area (Å²) in [5, 5.41) is 5.59. The third-order valence-corrected chi connectivity index (χ3v) is 6.24. The molecule has 1 N–H and O–H groups in total. The van der Waals surface area contributed by atoms with Crippen LogP contribution in [0.25, 0.3) is 0 Å². The SMILES string of the molecule is C=CC.C=CN(CCC)CCCCC.CC1CCc2c1n[nH]c(=O)c2C(F)(F)F.CCC.C\C=C(/C=N\C(C)=C/CC)C(C)(F)F. The fourth-order valence-electron chi connectivity index (χ4n) is 4.06. The Morgan fingerprint density at radius 3 is 2.02 bits per heavy atom. The highest BCUT2D eigenvalue weighted by Crippen LogP contribution is 2.37. The maximum absolute atomic E-state index is 12.8. The number of nitrogens with zero attached hydrogens (tertiary/aromatic N) is 3. The van der Waals surface area contributed by atoms with Crippen LogP contribution in [0, 0.1) is 0 Å². The van der Waals surface area contributed by atoms with Crippen LogP contribution < -0.4 is 5.56 Å². The highest BCUT2D eigenvalue weighted by molar-refractivity contribution is 5.81. The second kappa shape index (κ2) is 27.1. The fourth-order valence-corrected chi connectivity index (χ4v) is 4.06. The first-order valence-corrected chi connectivity index (χ1v) is 16.4. The molecule has 0 radical (unpaired) electrons. The van der Waals surface area contributed by atoms with Gasteiger partial charge in [0, 0.05) is 43.4 Å². The molecular formula is C36H61F5N4O. The van der Waals surface area contributed by atoms with Crippen LogP contribution in [0.1, 0.15) is 137 Å². The Morgan fingerprint density at radius 1 is 1.04 bits per heavy atom. The minimum Gasteiger partial charge on any atom is -0.378 e. The van der Waals surface area contributed by atoms with Gasteiger partial charge in [-0.1, -0.05) is 85.6 Å². The molecule has 1 unspecified atom stereocenters. The lowest BCUT2D eigenvalue weighted by Crippen LogP contribution is -2.25. The van der Waals surface area contributed by atoms with Crippen LogP contribution in [0.2, 0.25) is 0 Å². The Morgan fingerprint density at radius 2 is 1.61 bits per heavy atom. The van der Waals surface area contributed by atoms with Crippen molar-refractivity contribution in [2.45, 2.75) is 139 Å². The van der Waals surface area contributed by atoms with Gasteiger partial charge < -0.3 is 4.90 Å². The summed E-state index contributed by atoms with van der Waals surface area (Å²) in [6.07, 6.45) is 11.8. The molecule has 266 valence electrons. The summed E-state index contributed by atoms with van der Waals surface area (Å²) < 4.78 is 63.4. The van der Waals surface area contributed by atoms with E-state index >= 15 is 0 Å². The number of nitrogens with one attached hydrogen (secondary N) is 1. The Balaban J connectivity index is -0.000000559. The van der Waals surface area contributed by atoms with Crippen molar-refractivity contribution in [2.75, 3.05) is 13.1 Å². The number of aromatic nitrogens is 2. The zero-order valence-electron chi connectivity index (χ0n) is 30.1. The summed E-state index contributed by atoms with van der Waals surface area (Å²) in [5.74, 6) is -2.83. The standard InChI is InChI=1S/C11H17F2N.C10H21N.C9H9F3N2O.C3H8.C3H6/c1-5-7-9(3)14-8-10(6-2)11(4,12)13;1-4-7-8-10-11(6-3)9-5-2;1-4-2-3-5-6(9(10,11)12)8(15)14-13-7(4)5;2*1-3-2/h6-8H,5H2,1-4H3;6H,3-5,7-10H2,1-2H3;4H,2-3H2,1H3,(H,14,15);3H2,1-2H3;3H,1H2,2H3/b9-7-,10-6+,14-8-;;;;. The molecule has 0 spiro atoms. The number of allylic oxidation sites excluding steroid dienone is 5. The monoisotopic (exact) mass is 660 g/mol. The van der Waals surface area contributed by atoms with Crippen LogP contribution in [0.3, 0.4) is 0 Å². The number of alkyl halides is 5. The minimum atomic E-state index is -4.59. The van der Waals surface area contributed by atoms with Gasteiger partial charge in [-0.2, -0.15) is 18.3 Å². The summed E-state index contributed by atoms with van der Waals surface area (Å²) in [4.78, 5) is 17.3. The Bertz CT molecular complexity index is 1100.